The van der Waals surface area contributed by atoms with Crippen molar-refractivity contribution in [1.82, 2.24) is 0 Å². The summed E-state index contributed by atoms with van der Waals surface area (Å²) in [4.78, 5) is 10.8. The van der Waals surface area contributed by atoms with Crippen LogP contribution in [-0.4, -0.2) is 14.0 Å². The van der Waals surface area contributed by atoms with Gasteiger partial charge in [0.15, 0.2) is 0 Å². The highest BCUT2D eigenvalue weighted by molar-refractivity contribution is 6.05. The average Bonchev–Trinajstić information content (AvgIpc) is 2.05. The lowest BCUT2D eigenvalue weighted by atomic mass is 9.95. The fourth-order valence-electron chi connectivity index (χ4n) is 1.45. The molecule has 2 radical (unpaired) electrons. The molecule has 0 unspecified atom stereocenters. The van der Waals surface area contributed by atoms with Crippen LogP contribution in [0.15, 0.2) is 0 Å². The first kappa shape index (κ1) is 11.5. The fraction of sp³-hybridized carbons (Fsp3) is 0.889. The fourth-order valence-corrected chi connectivity index (χ4v) is 1.45. The maximum Gasteiger partial charge on any atom is 0.378 e. The lowest BCUT2D eigenvalue weighted by Crippen LogP contribution is -2.10. The Morgan fingerprint density at radius 2 is 1.83 bits per heavy atom. The van der Waals surface area contributed by atoms with E-state index in [1.165, 1.54) is 0 Å². The largest absolute Gasteiger partial charge is 0.543 e. The van der Waals surface area contributed by atoms with Crippen LogP contribution in [0.25, 0.3) is 0 Å². The summed E-state index contributed by atoms with van der Waals surface area (Å²) in [5, 5.41) is 0. The Hall–Kier alpha value is -0.465. The summed E-state index contributed by atoms with van der Waals surface area (Å²) in [6, 6.07) is 0. The second-order valence-electron chi connectivity index (χ2n) is 3.14. The summed E-state index contributed by atoms with van der Waals surface area (Å²) in [6.45, 7) is 4.24. The normalized spacial score (nSPS) is 10.2. The molecule has 0 amide bonds. The number of rotatable bonds is 6. The van der Waals surface area contributed by atoms with Gasteiger partial charge in [-0.2, -0.15) is 0 Å². The summed E-state index contributed by atoms with van der Waals surface area (Å²) in [6.07, 6.45) is 4.87. The van der Waals surface area contributed by atoms with Crippen molar-refractivity contribution in [3.05, 3.63) is 0 Å². The lowest BCUT2D eigenvalue weighted by Gasteiger charge is -2.13. The lowest BCUT2D eigenvalue weighted by molar-refractivity contribution is -0.135. The van der Waals surface area contributed by atoms with Gasteiger partial charge >= 0.3 is 8.05 Å². The van der Waals surface area contributed by atoms with Gasteiger partial charge in [-0.15, -0.1) is 0 Å². The van der Waals surface area contributed by atoms with E-state index in [2.05, 4.69) is 18.5 Å². The van der Waals surface area contributed by atoms with Gasteiger partial charge in [-0.3, -0.25) is 4.79 Å². The second-order valence-corrected chi connectivity index (χ2v) is 3.14. The van der Waals surface area contributed by atoms with E-state index in [0.29, 0.717) is 12.3 Å². The van der Waals surface area contributed by atoms with E-state index in [0.717, 1.165) is 25.7 Å². The van der Waals surface area contributed by atoms with Crippen LogP contribution in [0.5, 0.6) is 0 Å². The molecule has 0 fully saturated rings. The van der Waals surface area contributed by atoms with Crippen LogP contribution in [-0.2, 0) is 9.45 Å². The Labute approximate surface area is 76.1 Å². The molecule has 0 aromatic rings. The highest BCUT2D eigenvalue weighted by Crippen LogP contribution is 2.17. The molecule has 2 nitrogen and oxygen atoms in total. The zero-order chi connectivity index (χ0) is 9.40. The van der Waals surface area contributed by atoms with Crippen molar-refractivity contribution >= 4 is 14.0 Å². The molecule has 0 atom stereocenters. The van der Waals surface area contributed by atoms with Gasteiger partial charge in [0.25, 0.3) is 5.97 Å². The van der Waals surface area contributed by atoms with Crippen molar-refractivity contribution in [2.24, 2.45) is 5.92 Å². The zero-order valence-electron chi connectivity index (χ0n) is 8.01. The number of hydrogen-bond acceptors (Lipinski definition) is 2. The van der Waals surface area contributed by atoms with Crippen LogP contribution < -0.4 is 0 Å². The van der Waals surface area contributed by atoms with E-state index in [1.54, 1.807) is 0 Å². The van der Waals surface area contributed by atoms with Crippen molar-refractivity contribution in [2.45, 2.75) is 46.0 Å². The summed E-state index contributed by atoms with van der Waals surface area (Å²) >= 11 is 0. The predicted octanol–water partition coefficient (Wildman–Crippen LogP) is 2.22. The molecule has 0 heterocycles. The van der Waals surface area contributed by atoms with E-state index in [1.807, 2.05) is 0 Å². The molecule has 0 saturated heterocycles. The SMILES string of the molecule is [B]OC(=O)CC(CCC)CCC. The molecule has 0 rings (SSSR count). The third kappa shape index (κ3) is 5.22. The quantitative estimate of drug-likeness (QED) is 0.568. The van der Waals surface area contributed by atoms with E-state index < -0.39 is 0 Å². The van der Waals surface area contributed by atoms with Gasteiger partial charge in [0, 0.05) is 6.42 Å². The molecule has 0 aromatic heterocycles. The van der Waals surface area contributed by atoms with E-state index in [-0.39, 0.29) is 5.97 Å². The monoisotopic (exact) mass is 168 g/mol. The average molecular weight is 168 g/mol. The van der Waals surface area contributed by atoms with Gasteiger partial charge in [-0.05, 0) is 5.92 Å². The van der Waals surface area contributed by atoms with Gasteiger partial charge in [0.05, 0.1) is 0 Å². The van der Waals surface area contributed by atoms with Crippen molar-refractivity contribution in [2.75, 3.05) is 0 Å². The van der Waals surface area contributed by atoms with Crippen LogP contribution in [0.1, 0.15) is 46.0 Å². The smallest absolute Gasteiger partial charge is 0.378 e. The molecule has 0 saturated carbocycles. The number of hydrogen-bond donors (Lipinski definition) is 0. The maximum atomic E-state index is 10.8. The summed E-state index contributed by atoms with van der Waals surface area (Å²) in [5.74, 6) is 0.165. The molecule has 0 aliphatic carbocycles. The molecule has 68 valence electrons. The molecule has 0 bridgehead atoms. The summed E-state index contributed by atoms with van der Waals surface area (Å²) < 4.78 is 4.13. The predicted molar refractivity (Wildman–Crippen MR) is 49.8 cm³/mol. The van der Waals surface area contributed by atoms with Gasteiger partial charge < -0.3 is 4.65 Å². The molecular formula is C9H17BO2. The first-order valence-corrected chi connectivity index (χ1v) is 4.64. The molecule has 0 aliphatic rings. The minimum Gasteiger partial charge on any atom is -0.543 e. The molecule has 0 aromatic carbocycles. The standard InChI is InChI=1S/C9H17BO2/c1-3-5-8(6-4-2)7-9(11)12-10/h8H,3-7H2,1-2H3. The van der Waals surface area contributed by atoms with Gasteiger partial charge in [-0.25, -0.2) is 0 Å². The minimum absolute atomic E-state index is 0.290. The van der Waals surface area contributed by atoms with Crippen molar-refractivity contribution in [1.29, 1.82) is 0 Å². The highest BCUT2D eigenvalue weighted by atomic mass is 16.5. The van der Waals surface area contributed by atoms with Gasteiger partial charge in [0.1, 0.15) is 0 Å². The summed E-state index contributed by atoms with van der Waals surface area (Å²) in [7, 11) is 4.76. The van der Waals surface area contributed by atoms with Crippen LogP contribution >= 0.6 is 0 Å². The Morgan fingerprint density at radius 3 is 2.17 bits per heavy atom. The Bertz CT molecular complexity index is 120. The first-order chi connectivity index (χ1) is 5.74. The first-order valence-electron chi connectivity index (χ1n) is 4.64. The number of carbonyl (C=O) groups excluding carboxylic acids is 1. The highest BCUT2D eigenvalue weighted by Gasteiger charge is 2.11. The molecule has 0 aliphatic heterocycles. The zero-order valence-corrected chi connectivity index (χ0v) is 8.01. The van der Waals surface area contributed by atoms with E-state index in [4.69, 9.17) is 8.05 Å². The topological polar surface area (TPSA) is 26.3 Å². The van der Waals surface area contributed by atoms with Crippen LogP contribution in [0.2, 0.25) is 0 Å². The van der Waals surface area contributed by atoms with Crippen LogP contribution in [0, 0.1) is 5.92 Å². The third-order valence-electron chi connectivity index (χ3n) is 1.98. The van der Waals surface area contributed by atoms with Crippen molar-refractivity contribution in [3.8, 4) is 0 Å². The Morgan fingerprint density at radius 1 is 1.33 bits per heavy atom. The number of carbonyl (C=O) groups is 1. The molecule has 3 heteroatoms. The minimum atomic E-state index is -0.290. The van der Waals surface area contributed by atoms with Crippen LogP contribution in [0.4, 0.5) is 0 Å². The van der Waals surface area contributed by atoms with Crippen molar-refractivity contribution < 1.29 is 9.45 Å². The molecule has 12 heavy (non-hydrogen) atoms. The third-order valence-corrected chi connectivity index (χ3v) is 1.98. The Balaban J connectivity index is 3.68. The second kappa shape index (κ2) is 7.20. The van der Waals surface area contributed by atoms with E-state index in [9.17, 15) is 4.79 Å². The van der Waals surface area contributed by atoms with Crippen LogP contribution in [0.3, 0.4) is 0 Å². The van der Waals surface area contributed by atoms with Gasteiger partial charge in [0.2, 0.25) is 0 Å². The van der Waals surface area contributed by atoms with Gasteiger partial charge in [-0.1, -0.05) is 39.5 Å². The summed E-state index contributed by atoms with van der Waals surface area (Å²) in [5.41, 5.74) is 0. The van der Waals surface area contributed by atoms with E-state index >= 15 is 0 Å². The molecule has 0 spiro atoms. The van der Waals surface area contributed by atoms with Crippen molar-refractivity contribution in [3.63, 3.8) is 0 Å². The Kier molecular flexibility index (Phi) is 6.92. The maximum absolute atomic E-state index is 10.8. The molecular weight excluding hydrogens is 151 g/mol. The molecule has 0 N–H and O–H groups in total.